The predicted octanol–water partition coefficient (Wildman–Crippen LogP) is 4.23. The highest BCUT2D eigenvalue weighted by atomic mass is 35.5. The first-order valence-electron chi connectivity index (χ1n) is 7.91. The fourth-order valence-corrected chi connectivity index (χ4v) is 2.29. The van der Waals surface area contributed by atoms with Crippen LogP contribution in [0.3, 0.4) is 0 Å². The molecule has 5 nitrogen and oxygen atoms in total. The molecule has 1 N–H and O–H groups in total. The minimum atomic E-state index is -0.705. The van der Waals surface area contributed by atoms with Crippen LogP contribution < -0.4 is 10.1 Å². The van der Waals surface area contributed by atoms with Crippen molar-refractivity contribution in [2.45, 2.75) is 26.9 Å². The number of halogens is 1. The van der Waals surface area contributed by atoms with Gasteiger partial charge in [0.15, 0.2) is 6.10 Å². The molecule has 0 radical (unpaired) electrons. The Morgan fingerprint density at radius 1 is 1.16 bits per heavy atom. The Morgan fingerprint density at radius 2 is 1.84 bits per heavy atom. The highest BCUT2D eigenvalue weighted by Crippen LogP contribution is 2.24. The first kappa shape index (κ1) is 18.8. The lowest BCUT2D eigenvalue weighted by atomic mass is 10.2. The van der Waals surface area contributed by atoms with Crippen LogP contribution >= 0.6 is 11.6 Å². The van der Waals surface area contributed by atoms with Crippen LogP contribution in [0.4, 0.5) is 5.69 Å². The number of carbonyl (C=O) groups excluding carboxylic acids is 2. The molecule has 0 aliphatic carbocycles. The molecule has 0 saturated carbocycles. The van der Waals surface area contributed by atoms with E-state index in [1.165, 1.54) is 6.07 Å². The molecule has 1 amide bonds. The number of rotatable bonds is 6. The Bertz CT molecular complexity index is 759. The Morgan fingerprint density at radius 3 is 2.44 bits per heavy atom. The number of anilines is 1. The van der Waals surface area contributed by atoms with Gasteiger partial charge < -0.3 is 14.8 Å². The van der Waals surface area contributed by atoms with E-state index in [0.29, 0.717) is 17.0 Å². The smallest absolute Gasteiger partial charge is 0.338 e. The molecule has 0 fully saturated rings. The van der Waals surface area contributed by atoms with Crippen LogP contribution in [0.1, 0.15) is 29.8 Å². The summed E-state index contributed by atoms with van der Waals surface area (Å²) in [7, 11) is 0. The molecular formula is C19H20ClNO4. The van der Waals surface area contributed by atoms with Gasteiger partial charge in [-0.3, -0.25) is 4.79 Å². The largest absolute Gasteiger partial charge is 0.481 e. The van der Waals surface area contributed by atoms with E-state index in [9.17, 15) is 9.59 Å². The summed E-state index contributed by atoms with van der Waals surface area (Å²) in [5, 5.41) is 2.94. The van der Waals surface area contributed by atoms with Crippen LogP contribution in [0.25, 0.3) is 0 Å². The molecule has 0 spiro atoms. The average molecular weight is 362 g/mol. The number of benzene rings is 2. The van der Waals surface area contributed by atoms with Crippen molar-refractivity contribution in [3.8, 4) is 5.75 Å². The average Bonchev–Trinajstić information content (AvgIpc) is 2.58. The number of amides is 1. The van der Waals surface area contributed by atoms with Gasteiger partial charge in [-0.25, -0.2) is 4.79 Å². The van der Waals surface area contributed by atoms with Gasteiger partial charge in [0.2, 0.25) is 0 Å². The van der Waals surface area contributed by atoms with Crippen molar-refractivity contribution < 1.29 is 19.1 Å². The van der Waals surface area contributed by atoms with Crippen molar-refractivity contribution in [2.75, 3.05) is 11.9 Å². The number of nitrogens with one attached hydrogen (secondary N) is 1. The molecule has 2 rings (SSSR count). The third kappa shape index (κ3) is 5.22. The third-order valence-electron chi connectivity index (χ3n) is 3.44. The van der Waals surface area contributed by atoms with Gasteiger partial charge in [0.1, 0.15) is 5.75 Å². The molecule has 6 heteroatoms. The second-order valence-corrected chi connectivity index (χ2v) is 5.88. The van der Waals surface area contributed by atoms with E-state index < -0.39 is 12.1 Å². The maximum Gasteiger partial charge on any atom is 0.338 e. The predicted molar refractivity (Wildman–Crippen MR) is 97.3 cm³/mol. The lowest BCUT2D eigenvalue weighted by Gasteiger charge is -2.15. The molecule has 1 atom stereocenters. The van der Waals surface area contributed by atoms with Crippen molar-refractivity contribution in [2.24, 2.45) is 0 Å². The van der Waals surface area contributed by atoms with E-state index in [-0.39, 0.29) is 17.5 Å². The summed E-state index contributed by atoms with van der Waals surface area (Å²) < 4.78 is 10.5. The maximum absolute atomic E-state index is 12.3. The fraction of sp³-hybridized carbons (Fsp3) is 0.263. The van der Waals surface area contributed by atoms with Gasteiger partial charge in [-0.15, -0.1) is 0 Å². The fourth-order valence-electron chi connectivity index (χ4n) is 2.07. The minimum Gasteiger partial charge on any atom is -0.481 e. The zero-order chi connectivity index (χ0) is 18.4. The van der Waals surface area contributed by atoms with Crippen LogP contribution in [-0.2, 0) is 9.53 Å². The molecule has 2 aromatic carbocycles. The summed E-state index contributed by atoms with van der Waals surface area (Å²) in [6, 6.07) is 12.0. The lowest BCUT2D eigenvalue weighted by molar-refractivity contribution is -0.122. The molecule has 1 unspecified atom stereocenters. The van der Waals surface area contributed by atoms with Crippen LogP contribution in [0.15, 0.2) is 42.5 Å². The Hall–Kier alpha value is -2.53. The monoisotopic (exact) mass is 361 g/mol. The van der Waals surface area contributed by atoms with Gasteiger partial charge in [-0.1, -0.05) is 29.3 Å². The van der Waals surface area contributed by atoms with Crippen molar-refractivity contribution in [1.29, 1.82) is 0 Å². The van der Waals surface area contributed by atoms with Crippen LogP contribution in [0, 0.1) is 6.92 Å². The SMILES string of the molecule is CCOC(=O)c1ccc(NC(=O)C(C)Oc2ccc(C)cc2)c(Cl)c1. The summed E-state index contributed by atoms with van der Waals surface area (Å²) in [6.45, 7) is 5.63. The van der Waals surface area contributed by atoms with Crippen molar-refractivity contribution >= 4 is 29.2 Å². The summed E-state index contributed by atoms with van der Waals surface area (Å²) in [5.41, 5.74) is 1.84. The van der Waals surface area contributed by atoms with Crippen LogP contribution in [0.2, 0.25) is 5.02 Å². The minimum absolute atomic E-state index is 0.251. The van der Waals surface area contributed by atoms with E-state index in [4.69, 9.17) is 21.1 Å². The second-order valence-electron chi connectivity index (χ2n) is 5.48. The summed E-state index contributed by atoms with van der Waals surface area (Å²) in [6.07, 6.45) is -0.705. The molecule has 132 valence electrons. The lowest BCUT2D eigenvalue weighted by Crippen LogP contribution is -2.30. The van der Waals surface area contributed by atoms with E-state index in [1.807, 2.05) is 19.1 Å². The number of hydrogen-bond acceptors (Lipinski definition) is 4. The molecule has 0 aliphatic rings. The number of esters is 1. The second kappa shape index (κ2) is 8.53. The number of ether oxygens (including phenoxy) is 2. The van der Waals surface area contributed by atoms with Crippen molar-refractivity contribution in [3.05, 3.63) is 58.6 Å². The third-order valence-corrected chi connectivity index (χ3v) is 3.75. The van der Waals surface area contributed by atoms with Crippen molar-refractivity contribution in [3.63, 3.8) is 0 Å². The number of carbonyl (C=O) groups is 2. The Labute approximate surface area is 151 Å². The van der Waals surface area contributed by atoms with Gasteiger partial charge in [0, 0.05) is 0 Å². The number of aryl methyl sites for hydroxylation is 1. The molecule has 0 saturated heterocycles. The molecular weight excluding hydrogens is 342 g/mol. The zero-order valence-electron chi connectivity index (χ0n) is 14.3. The molecule has 0 aromatic heterocycles. The number of hydrogen-bond donors (Lipinski definition) is 1. The van der Waals surface area contributed by atoms with Crippen LogP contribution in [-0.4, -0.2) is 24.6 Å². The highest BCUT2D eigenvalue weighted by molar-refractivity contribution is 6.34. The standard InChI is InChI=1S/C19H20ClNO4/c1-4-24-19(23)14-7-10-17(16(20)11-14)21-18(22)13(3)25-15-8-5-12(2)6-9-15/h5-11,13H,4H2,1-3H3,(H,21,22). The van der Waals surface area contributed by atoms with Gasteiger partial charge in [0.25, 0.3) is 5.91 Å². The van der Waals surface area contributed by atoms with Gasteiger partial charge in [-0.05, 0) is 51.1 Å². The van der Waals surface area contributed by atoms with Crippen LogP contribution in [0.5, 0.6) is 5.75 Å². The molecule has 0 aliphatic heterocycles. The summed E-state index contributed by atoms with van der Waals surface area (Å²) >= 11 is 6.14. The quantitative estimate of drug-likeness (QED) is 0.782. The van der Waals surface area contributed by atoms with Gasteiger partial charge in [-0.2, -0.15) is 0 Å². The van der Waals surface area contributed by atoms with Gasteiger partial charge >= 0.3 is 5.97 Å². The maximum atomic E-state index is 12.3. The van der Waals surface area contributed by atoms with E-state index >= 15 is 0 Å². The summed E-state index contributed by atoms with van der Waals surface area (Å²) in [4.78, 5) is 23.9. The van der Waals surface area contributed by atoms with E-state index in [1.54, 1.807) is 38.1 Å². The molecule has 0 heterocycles. The summed E-state index contributed by atoms with van der Waals surface area (Å²) in [5.74, 6) is -0.193. The normalized spacial score (nSPS) is 11.5. The zero-order valence-corrected chi connectivity index (χ0v) is 15.1. The first-order chi connectivity index (χ1) is 11.9. The van der Waals surface area contributed by atoms with E-state index in [2.05, 4.69) is 5.32 Å². The molecule has 2 aromatic rings. The van der Waals surface area contributed by atoms with E-state index in [0.717, 1.165) is 5.56 Å². The highest BCUT2D eigenvalue weighted by Gasteiger charge is 2.17. The first-order valence-corrected chi connectivity index (χ1v) is 8.29. The van der Waals surface area contributed by atoms with Crippen molar-refractivity contribution in [1.82, 2.24) is 0 Å². The Balaban J connectivity index is 2.01. The Kier molecular flexibility index (Phi) is 6.42. The van der Waals surface area contributed by atoms with Gasteiger partial charge in [0.05, 0.1) is 22.9 Å². The topological polar surface area (TPSA) is 64.6 Å². The molecule has 0 bridgehead atoms. The molecule has 25 heavy (non-hydrogen) atoms.